The van der Waals surface area contributed by atoms with Gasteiger partial charge in [-0.15, -0.1) is 0 Å². The van der Waals surface area contributed by atoms with Crippen LogP contribution in [0.4, 0.5) is 4.39 Å². The molecule has 1 aliphatic carbocycles. The largest absolute Gasteiger partial charge is 0.294 e. The molecule has 1 heterocycles. The van der Waals surface area contributed by atoms with Crippen LogP contribution in [0.25, 0.3) is 0 Å². The minimum absolute atomic E-state index is 0.0379. The summed E-state index contributed by atoms with van der Waals surface area (Å²) in [6.07, 6.45) is 3.03. The topological polar surface area (TPSA) is 34.9 Å². The van der Waals surface area contributed by atoms with Gasteiger partial charge >= 0.3 is 0 Å². The second-order valence-electron chi connectivity index (χ2n) is 6.23. The summed E-state index contributed by atoms with van der Waals surface area (Å²) in [4.78, 5) is 12.1. The molecule has 2 aromatic rings. The number of benzene rings is 1. The van der Waals surface area contributed by atoms with Gasteiger partial charge in [0.05, 0.1) is 24.0 Å². The number of fused-ring (bicyclic) bond motifs is 1. The summed E-state index contributed by atoms with van der Waals surface area (Å²) in [6.45, 7) is 4.68. The molecule has 0 bridgehead atoms. The van der Waals surface area contributed by atoms with Gasteiger partial charge in [0.2, 0.25) is 0 Å². The smallest absolute Gasteiger partial charge is 0.166 e. The average Bonchev–Trinajstić information content (AvgIpc) is 2.71. The van der Waals surface area contributed by atoms with Crippen molar-refractivity contribution in [1.82, 2.24) is 9.78 Å². The van der Waals surface area contributed by atoms with Gasteiger partial charge in [0.25, 0.3) is 0 Å². The fourth-order valence-electron chi connectivity index (χ4n) is 2.82. The number of rotatable bonds is 2. The van der Waals surface area contributed by atoms with Crippen LogP contribution in [0.2, 0.25) is 0 Å². The van der Waals surface area contributed by atoms with Crippen LogP contribution in [-0.2, 0) is 13.0 Å². The first-order chi connectivity index (χ1) is 9.44. The van der Waals surface area contributed by atoms with Crippen molar-refractivity contribution in [3.63, 3.8) is 0 Å². The molecule has 104 valence electrons. The van der Waals surface area contributed by atoms with Crippen LogP contribution in [0.1, 0.15) is 41.9 Å². The third-order valence-corrected chi connectivity index (χ3v) is 3.76. The fraction of sp³-hybridized carbons (Fsp3) is 0.375. The number of hydrogen-bond donors (Lipinski definition) is 0. The third kappa shape index (κ3) is 2.38. The SMILES string of the molecule is CC1(C)CC(=O)c2cnn(Cc3cccc(F)c3)c2C1. The maximum Gasteiger partial charge on any atom is 0.166 e. The maximum atomic E-state index is 13.2. The lowest BCUT2D eigenvalue weighted by Crippen LogP contribution is -2.28. The van der Waals surface area contributed by atoms with Gasteiger partial charge in [-0.25, -0.2) is 4.39 Å². The number of hydrogen-bond acceptors (Lipinski definition) is 2. The first-order valence-corrected chi connectivity index (χ1v) is 6.77. The van der Waals surface area contributed by atoms with E-state index in [9.17, 15) is 9.18 Å². The standard InChI is InChI=1S/C16H17FN2O/c1-16(2)7-14-13(15(20)8-16)9-18-19(14)10-11-4-3-5-12(17)6-11/h3-6,9H,7-8,10H2,1-2H3. The fourth-order valence-corrected chi connectivity index (χ4v) is 2.82. The van der Waals surface area contributed by atoms with Gasteiger partial charge in [0.1, 0.15) is 5.82 Å². The molecule has 1 aliphatic rings. The van der Waals surface area contributed by atoms with E-state index < -0.39 is 0 Å². The zero-order valence-corrected chi connectivity index (χ0v) is 11.7. The van der Waals surface area contributed by atoms with E-state index in [1.165, 1.54) is 12.1 Å². The Labute approximate surface area is 117 Å². The first-order valence-electron chi connectivity index (χ1n) is 6.77. The molecule has 4 heteroatoms. The normalized spacial score (nSPS) is 17.1. The van der Waals surface area contributed by atoms with Crippen molar-refractivity contribution in [3.8, 4) is 0 Å². The van der Waals surface area contributed by atoms with Crippen molar-refractivity contribution < 1.29 is 9.18 Å². The second-order valence-corrected chi connectivity index (χ2v) is 6.23. The quantitative estimate of drug-likeness (QED) is 0.841. The summed E-state index contributed by atoms with van der Waals surface area (Å²) in [5.41, 5.74) is 2.51. The number of carbonyl (C=O) groups excluding carboxylic acids is 1. The molecule has 3 rings (SSSR count). The molecule has 1 aromatic carbocycles. The molecule has 20 heavy (non-hydrogen) atoms. The highest BCUT2D eigenvalue weighted by Gasteiger charge is 2.33. The van der Waals surface area contributed by atoms with Crippen LogP contribution in [0, 0.1) is 11.2 Å². The van der Waals surface area contributed by atoms with Crippen LogP contribution in [-0.4, -0.2) is 15.6 Å². The number of nitrogens with zero attached hydrogens (tertiary/aromatic N) is 2. The van der Waals surface area contributed by atoms with E-state index in [2.05, 4.69) is 18.9 Å². The van der Waals surface area contributed by atoms with Gasteiger partial charge in [0.15, 0.2) is 5.78 Å². The van der Waals surface area contributed by atoms with Crippen LogP contribution >= 0.6 is 0 Å². The lowest BCUT2D eigenvalue weighted by atomic mass is 9.76. The Kier molecular flexibility index (Phi) is 2.96. The molecule has 0 spiro atoms. The van der Waals surface area contributed by atoms with E-state index in [-0.39, 0.29) is 17.0 Å². The Hall–Kier alpha value is -1.97. The number of aromatic nitrogens is 2. The highest BCUT2D eigenvalue weighted by Crippen LogP contribution is 2.34. The van der Waals surface area contributed by atoms with E-state index in [0.717, 1.165) is 23.2 Å². The molecule has 0 fully saturated rings. The van der Waals surface area contributed by atoms with Crippen molar-refractivity contribution in [2.45, 2.75) is 33.2 Å². The van der Waals surface area contributed by atoms with Crippen molar-refractivity contribution in [3.05, 3.63) is 53.1 Å². The summed E-state index contributed by atoms with van der Waals surface area (Å²) in [5, 5.41) is 4.31. The Morgan fingerprint density at radius 1 is 1.35 bits per heavy atom. The molecule has 3 nitrogen and oxygen atoms in total. The maximum absolute atomic E-state index is 13.2. The molecule has 1 aromatic heterocycles. The number of halogens is 1. The van der Waals surface area contributed by atoms with Gasteiger partial charge < -0.3 is 0 Å². The summed E-state index contributed by atoms with van der Waals surface area (Å²) < 4.78 is 15.1. The molecule has 0 atom stereocenters. The monoisotopic (exact) mass is 272 g/mol. The van der Waals surface area contributed by atoms with Gasteiger partial charge in [-0.2, -0.15) is 5.10 Å². The predicted molar refractivity (Wildman–Crippen MR) is 74.2 cm³/mol. The lowest BCUT2D eigenvalue weighted by molar-refractivity contribution is 0.0910. The number of carbonyl (C=O) groups is 1. The number of ketones is 1. The zero-order valence-electron chi connectivity index (χ0n) is 11.7. The summed E-state index contributed by atoms with van der Waals surface area (Å²) in [6, 6.07) is 6.49. The molecular formula is C16H17FN2O. The van der Waals surface area contributed by atoms with E-state index in [1.54, 1.807) is 12.3 Å². The molecule has 0 N–H and O–H groups in total. The van der Waals surface area contributed by atoms with E-state index in [1.807, 2.05) is 10.7 Å². The average molecular weight is 272 g/mol. The van der Waals surface area contributed by atoms with Gasteiger partial charge in [0, 0.05) is 6.42 Å². The highest BCUT2D eigenvalue weighted by molar-refractivity contribution is 5.98. The zero-order chi connectivity index (χ0) is 14.3. The Bertz CT molecular complexity index is 673. The molecule has 0 amide bonds. The van der Waals surface area contributed by atoms with Crippen molar-refractivity contribution in [2.24, 2.45) is 5.41 Å². The summed E-state index contributed by atoms with van der Waals surface area (Å²) in [7, 11) is 0. The van der Waals surface area contributed by atoms with Crippen molar-refractivity contribution in [1.29, 1.82) is 0 Å². The van der Waals surface area contributed by atoms with E-state index >= 15 is 0 Å². The number of Topliss-reactive ketones (excluding diaryl/α,β-unsaturated/α-hetero) is 1. The van der Waals surface area contributed by atoms with Crippen LogP contribution in [0.15, 0.2) is 30.5 Å². The Morgan fingerprint density at radius 3 is 2.90 bits per heavy atom. The molecule has 0 saturated heterocycles. The molecule has 0 aliphatic heterocycles. The minimum Gasteiger partial charge on any atom is -0.294 e. The first kappa shape index (κ1) is 13.0. The van der Waals surface area contributed by atoms with Crippen LogP contribution in [0.3, 0.4) is 0 Å². The Morgan fingerprint density at radius 2 is 2.15 bits per heavy atom. The molecule has 0 saturated carbocycles. The van der Waals surface area contributed by atoms with Gasteiger partial charge in [-0.1, -0.05) is 26.0 Å². The van der Waals surface area contributed by atoms with E-state index in [4.69, 9.17) is 0 Å². The van der Waals surface area contributed by atoms with Crippen LogP contribution in [0.5, 0.6) is 0 Å². The molecule has 0 unspecified atom stereocenters. The summed E-state index contributed by atoms with van der Waals surface area (Å²) >= 11 is 0. The minimum atomic E-state index is -0.250. The lowest BCUT2D eigenvalue weighted by Gasteiger charge is -2.28. The third-order valence-electron chi connectivity index (χ3n) is 3.76. The molecular weight excluding hydrogens is 255 g/mol. The van der Waals surface area contributed by atoms with Crippen molar-refractivity contribution in [2.75, 3.05) is 0 Å². The van der Waals surface area contributed by atoms with Crippen molar-refractivity contribution >= 4 is 5.78 Å². The predicted octanol–water partition coefficient (Wildman–Crippen LogP) is 3.23. The second kappa shape index (κ2) is 4.54. The highest BCUT2D eigenvalue weighted by atomic mass is 19.1. The van der Waals surface area contributed by atoms with E-state index in [0.29, 0.717) is 13.0 Å². The van der Waals surface area contributed by atoms with Gasteiger partial charge in [-0.3, -0.25) is 9.48 Å². The van der Waals surface area contributed by atoms with Gasteiger partial charge in [-0.05, 0) is 29.5 Å². The summed E-state index contributed by atoms with van der Waals surface area (Å²) in [5.74, 6) is -0.0957. The molecule has 0 radical (unpaired) electrons. The van der Waals surface area contributed by atoms with Crippen LogP contribution < -0.4 is 0 Å². The Balaban J connectivity index is 1.95.